The molecule has 1 rings (SSSR count). The van der Waals surface area contributed by atoms with Gasteiger partial charge in [0, 0.05) is 0 Å². The summed E-state index contributed by atoms with van der Waals surface area (Å²) in [7, 11) is 0. The number of hydrogen-bond acceptors (Lipinski definition) is 5. The molecule has 0 radical (unpaired) electrons. The van der Waals surface area contributed by atoms with Crippen LogP contribution in [0.25, 0.3) is 0 Å². The Hall–Kier alpha value is -2.05. The lowest BCUT2D eigenvalue weighted by atomic mass is 10.2. The Bertz CT molecular complexity index is 310. The van der Waals surface area contributed by atoms with Crippen molar-refractivity contribution >= 4 is 17.8 Å². The summed E-state index contributed by atoms with van der Waals surface area (Å²) < 4.78 is 0. The normalized spacial score (nSPS) is 14.4. The molecule has 0 aromatic rings. The molecular weight excluding hydrogens is 150 g/mol. The number of hydroxylamine groups is 1. The monoisotopic (exact) mass is 151 g/mol. The molecule has 0 spiro atoms. The van der Waals surface area contributed by atoms with Crippen LogP contribution in [0.1, 0.15) is 0 Å². The average Bonchev–Trinajstić information content (AvgIpc) is 2.45. The first-order valence-electron chi connectivity index (χ1n) is 2.52. The maximum absolute atomic E-state index is 10.1. The third-order valence-electron chi connectivity index (χ3n) is 1.03. The fourth-order valence-electron chi connectivity index (χ4n) is 0.559. The van der Waals surface area contributed by atoms with E-state index in [1.165, 1.54) is 17.8 Å². The Morgan fingerprint density at radius 1 is 1.09 bits per heavy atom. The molecule has 11 heavy (non-hydrogen) atoms. The van der Waals surface area contributed by atoms with Crippen molar-refractivity contribution in [3.8, 4) is 0 Å². The summed E-state index contributed by atoms with van der Waals surface area (Å²) in [6.45, 7) is 0. The van der Waals surface area contributed by atoms with Gasteiger partial charge in [-0.05, 0) is 0 Å². The van der Waals surface area contributed by atoms with E-state index in [4.69, 9.17) is 0 Å². The summed E-state index contributed by atoms with van der Waals surface area (Å²) in [6, 6.07) is 0. The van der Waals surface area contributed by atoms with Crippen LogP contribution in [0.3, 0.4) is 0 Å². The fraction of sp³-hybridized carbons (Fsp3) is 0. The second-order valence-corrected chi connectivity index (χ2v) is 1.59. The van der Waals surface area contributed by atoms with Crippen molar-refractivity contribution in [2.75, 3.05) is 0 Å². The van der Waals surface area contributed by atoms with Gasteiger partial charge in [-0.15, -0.1) is 0 Å². The van der Waals surface area contributed by atoms with Crippen LogP contribution in [0.5, 0.6) is 0 Å². The summed E-state index contributed by atoms with van der Waals surface area (Å²) >= 11 is 0. The van der Waals surface area contributed by atoms with Gasteiger partial charge in [-0.25, -0.2) is 19.9 Å². The van der Waals surface area contributed by atoms with Crippen molar-refractivity contribution in [2.24, 2.45) is 0 Å². The molecule has 0 amide bonds. The first-order chi connectivity index (χ1) is 5.33. The Morgan fingerprint density at radius 3 is 2.27 bits per heavy atom. The van der Waals surface area contributed by atoms with Crippen molar-refractivity contribution in [3.05, 3.63) is 17.0 Å². The second-order valence-electron chi connectivity index (χ2n) is 1.59. The first-order valence-corrected chi connectivity index (χ1v) is 2.52. The molecule has 0 aromatic carbocycles. The highest BCUT2D eigenvalue weighted by Crippen LogP contribution is 2.17. The zero-order chi connectivity index (χ0) is 8.27. The van der Waals surface area contributed by atoms with Crippen molar-refractivity contribution in [3.63, 3.8) is 0 Å². The first kappa shape index (κ1) is 7.06. The highest BCUT2D eigenvalue weighted by molar-refractivity contribution is 5.81. The lowest BCUT2D eigenvalue weighted by Gasteiger charge is -1.85. The lowest BCUT2D eigenvalue weighted by Crippen LogP contribution is -2.01. The number of carbonyl (C=O) groups excluding carboxylic acids is 3. The Labute approximate surface area is 60.6 Å². The van der Waals surface area contributed by atoms with Gasteiger partial charge in [0.25, 0.3) is 5.76 Å². The zero-order valence-corrected chi connectivity index (χ0v) is 5.13. The number of hydrogen-bond donors (Lipinski definition) is 1. The van der Waals surface area contributed by atoms with Crippen LogP contribution in [-0.4, -0.2) is 17.8 Å². The number of nitrogens with one attached hydrogen (secondary N) is 1. The molecule has 0 unspecified atom stereocenters. The summed E-state index contributed by atoms with van der Waals surface area (Å²) in [5.41, 5.74) is 1.48. The minimum atomic E-state index is -0.377. The Morgan fingerprint density at radius 2 is 1.82 bits per heavy atom. The van der Waals surface area contributed by atoms with Crippen molar-refractivity contribution < 1.29 is 19.2 Å². The van der Waals surface area contributed by atoms with E-state index in [0.717, 1.165) is 0 Å². The summed E-state index contributed by atoms with van der Waals surface area (Å²) in [4.78, 5) is 34.4. The topological polar surface area (TPSA) is 72.5 Å². The van der Waals surface area contributed by atoms with Gasteiger partial charge < -0.3 is 4.84 Å². The van der Waals surface area contributed by atoms with Crippen LogP contribution < -0.4 is 5.48 Å². The molecule has 54 valence electrons. The minimum absolute atomic E-state index is 0.238. The standard InChI is InChI=1S/C6HNO4/c8-1-4-5(2-9)7-11-6(4)3-10/h7H. The van der Waals surface area contributed by atoms with Crippen LogP contribution in [0.15, 0.2) is 17.0 Å². The third kappa shape index (κ3) is 0.980. The Balaban J connectivity index is 3.29. The van der Waals surface area contributed by atoms with E-state index < -0.39 is 0 Å². The molecule has 0 bridgehead atoms. The molecule has 5 heteroatoms. The smallest absolute Gasteiger partial charge is 0.259 e. The van der Waals surface area contributed by atoms with Gasteiger partial charge in [0.05, 0.1) is 0 Å². The quantitative estimate of drug-likeness (QED) is 0.436. The van der Waals surface area contributed by atoms with Gasteiger partial charge in [0.1, 0.15) is 5.94 Å². The Kier molecular flexibility index (Phi) is 1.73. The molecule has 0 aromatic heterocycles. The largest absolute Gasteiger partial charge is 0.368 e. The van der Waals surface area contributed by atoms with Crippen molar-refractivity contribution in [1.29, 1.82) is 0 Å². The predicted octanol–water partition coefficient (Wildman–Crippen LogP) is -1.29. The molecular formula is C6HNO4. The van der Waals surface area contributed by atoms with Gasteiger partial charge in [-0.1, -0.05) is 0 Å². The molecule has 5 nitrogen and oxygen atoms in total. The van der Waals surface area contributed by atoms with Gasteiger partial charge >= 0.3 is 0 Å². The van der Waals surface area contributed by atoms with E-state index >= 15 is 0 Å². The maximum atomic E-state index is 10.1. The highest BCUT2D eigenvalue weighted by atomic mass is 16.7. The average molecular weight is 151 g/mol. The van der Waals surface area contributed by atoms with E-state index in [-0.39, 0.29) is 17.0 Å². The van der Waals surface area contributed by atoms with Crippen molar-refractivity contribution in [2.45, 2.75) is 0 Å². The van der Waals surface area contributed by atoms with Crippen LogP contribution in [-0.2, 0) is 19.2 Å². The molecule has 1 aliphatic heterocycles. The number of rotatable bonds is 0. The maximum Gasteiger partial charge on any atom is 0.259 e. The molecule has 1 heterocycles. The van der Waals surface area contributed by atoms with Gasteiger partial charge in [0.2, 0.25) is 0 Å². The highest BCUT2D eigenvalue weighted by Gasteiger charge is 2.24. The van der Waals surface area contributed by atoms with E-state index in [9.17, 15) is 14.4 Å². The molecule has 0 atom stereocenters. The molecule has 0 aliphatic carbocycles. The molecule has 1 N–H and O–H groups in total. The molecule has 1 fully saturated rings. The van der Waals surface area contributed by atoms with Gasteiger partial charge in [-0.3, -0.25) is 0 Å². The lowest BCUT2D eigenvalue weighted by molar-refractivity contribution is 0.175. The molecule has 1 saturated heterocycles. The zero-order valence-electron chi connectivity index (χ0n) is 5.13. The van der Waals surface area contributed by atoms with E-state index in [0.29, 0.717) is 0 Å². The van der Waals surface area contributed by atoms with Crippen LogP contribution in [0, 0.1) is 0 Å². The third-order valence-corrected chi connectivity index (χ3v) is 1.03. The fourth-order valence-corrected chi connectivity index (χ4v) is 0.559. The van der Waals surface area contributed by atoms with Crippen LogP contribution in [0.4, 0.5) is 0 Å². The van der Waals surface area contributed by atoms with Crippen LogP contribution >= 0.6 is 0 Å². The van der Waals surface area contributed by atoms with Crippen molar-refractivity contribution in [1.82, 2.24) is 5.48 Å². The molecule has 1 aliphatic rings. The minimum Gasteiger partial charge on any atom is -0.368 e. The summed E-state index contributed by atoms with van der Waals surface area (Å²) in [6.07, 6.45) is 0. The van der Waals surface area contributed by atoms with Crippen LogP contribution in [0.2, 0.25) is 0 Å². The van der Waals surface area contributed by atoms with E-state index in [2.05, 4.69) is 4.84 Å². The summed E-state index contributed by atoms with van der Waals surface area (Å²) in [5, 5.41) is 0. The predicted molar refractivity (Wildman–Crippen MR) is 31.8 cm³/mol. The van der Waals surface area contributed by atoms with E-state index in [1.54, 1.807) is 0 Å². The SMILES string of the molecule is O=C=C1NOC(=C=O)C1=C=O. The second kappa shape index (κ2) is 2.69. The van der Waals surface area contributed by atoms with Gasteiger partial charge in [-0.2, -0.15) is 0 Å². The van der Waals surface area contributed by atoms with Gasteiger partial charge in [0.15, 0.2) is 23.2 Å². The summed E-state index contributed by atoms with van der Waals surface area (Å²) in [5.74, 6) is 3.64. The molecule has 0 saturated carbocycles. The van der Waals surface area contributed by atoms with E-state index in [1.807, 2.05) is 5.48 Å².